The third-order valence-corrected chi connectivity index (χ3v) is 7.66. The summed E-state index contributed by atoms with van der Waals surface area (Å²) >= 11 is 0. The van der Waals surface area contributed by atoms with Crippen LogP contribution in [-0.2, 0) is 19.7 Å². The Morgan fingerprint density at radius 2 is 1.21 bits per heavy atom. The molecule has 0 unspecified atom stereocenters. The molecule has 0 aromatic rings. The highest BCUT2D eigenvalue weighted by Crippen LogP contribution is 2.28. The average molecular weight is 489 g/mol. The van der Waals surface area contributed by atoms with Crippen molar-refractivity contribution in [1.82, 2.24) is 10.6 Å². The molecular weight excluding hydrogens is 440 g/mol. The molecule has 7 nitrogen and oxygen atoms in total. The maximum atomic E-state index is 12.1. The van der Waals surface area contributed by atoms with E-state index < -0.39 is 10.1 Å². The Morgan fingerprint density at radius 3 is 1.67 bits per heavy atom. The summed E-state index contributed by atoms with van der Waals surface area (Å²) in [5.41, 5.74) is 0. The van der Waals surface area contributed by atoms with Crippen molar-refractivity contribution < 1.29 is 22.6 Å². The zero-order valence-electron chi connectivity index (χ0n) is 20.8. The van der Waals surface area contributed by atoms with E-state index in [0.29, 0.717) is 18.8 Å². The summed E-state index contributed by atoms with van der Waals surface area (Å²) in [6.45, 7) is 0.754. The third-order valence-electron chi connectivity index (χ3n) is 6.86. The number of amides is 2. The molecule has 0 saturated heterocycles. The molecule has 2 amide bonds. The van der Waals surface area contributed by atoms with Crippen LogP contribution in [0, 0.1) is 11.8 Å². The number of carbonyl (C=O) groups excluding carboxylic acids is 2. The summed E-state index contributed by atoms with van der Waals surface area (Å²) in [7, 11) is -2.09. The lowest BCUT2D eigenvalue weighted by atomic mass is 9.81. The van der Waals surface area contributed by atoms with Gasteiger partial charge in [-0.1, -0.05) is 70.6 Å². The highest BCUT2D eigenvalue weighted by atomic mass is 32.2. The lowest BCUT2D eigenvalue weighted by molar-refractivity contribution is -0.126. The number of hydrogen-bond donors (Lipinski definition) is 3. The van der Waals surface area contributed by atoms with E-state index >= 15 is 0 Å². The van der Waals surface area contributed by atoms with Crippen LogP contribution >= 0.6 is 0 Å². The van der Waals surface area contributed by atoms with E-state index in [1.165, 1.54) is 44.9 Å². The van der Waals surface area contributed by atoms with Gasteiger partial charge in [-0.15, -0.1) is 0 Å². The topological polar surface area (TPSA) is 113 Å². The van der Waals surface area contributed by atoms with Gasteiger partial charge in [0.25, 0.3) is 10.1 Å². The number of nitrogens with one attached hydrogen (secondary N) is 2. The van der Waals surface area contributed by atoms with E-state index in [1.54, 1.807) is 7.05 Å². The van der Waals surface area contributed by atoms with Gasteiger partial charge in [0.1, 0.15) is 0 Å². The van der Waals surface area contributed by atoms with E-state index in [4.69, 9.17) is 4.55 Å². The maximum Gasteiger partial charge on any atom is 0.264 e. The van der Waals surface area contributed by atoms with Crippen LogP contribution in [0.2, 0.25) is 0 Å². The second-order valence-corrected chi connectivity index (χ2v) is 11.3. The molecule has 0 atom stereocenters. The lowest BCUT2D eigenvalue weighted by Gasteiger charge is -2.27. The Hall–Kier alpha value is -1.15. The Bertz CT molecular complexity index is 631. The number of rotatable bonds is 19. The minimum absolute atomic E-state index is 0.111. The molecule has 194 valence electrons. The highest BCUT2D eigenvalue weighted by Gasteiger charge is 2.25. The quantitative estimate of drug-likeness (QED) is 0.175. The van der Waals surface area contributed by atoms with Gasteiger partial charge < -0.3 is 10.6 Å². The van der Waals surface area contributed by atoms with Crippen LogP contribution in [0.1, 0.15) is 116 Å². The van der Waals surface area contributed by atoms with Gasteiger partial charge in [-0.2, -0.15) is 8.42 Å². The van der Waals surface area contributed by atoms with Crippen LogP contribution in [0.15, 0.2) is 0 Å². The van der Waals surface area contributed by atoms with Crippen molar-refractivity contribution in [3.63, 3.8) is 0 Å². The molecular formula is C25H48N2O5S. The van der Waals surface area contributed by atoms with Crippen LogP contribution in [0.25, 0.3) is 0 Å². The van der Waals surface area contributed by atoms with Crippen LogP contribution in [0.3, 0.4) is 0 Å². The van der Waals surface area contributed by atoms with E-state index in [1.807, 2.05) is 0 Å². The molecule has 1 rings (SSSR count). The molecule has 0 bridgehead atoms. The second kappa shape index (κ2) is 18.2. The van der Waals surface area contributed by atoms with E-state index in [0.717, 1.165) is 64.3 Å². The summed E-state index contributed by atoms with van der Waals surface area (Å²) in [4.78, 5) is 23.7. The van der Waals surface area contributed by atoms with Gasteiger partial charge in [-0.05, 0) is 44.4 Å². The fourth-order valence-electron chi connectivity index (χ4n) is 4.69. The summed E-state index contributed by atoms with van der Waals surface area (Å²) < 4.78 is 29.9. The summed E-state index contributed by atoms with van der Waals surface area (Å²) in [5, 5.41) is 5.82. The molecule has 1 aliphatic carbocycles. The standard InChI is InChI=1S/C25H48N2O5S/c1-26-25(29)23-18-16-22(17-19-23)21-27-24(28)15-13-11-9-7-5-3-2-4-6-8-10-12-14-20-33(30,31)32/h22-23H,2-21H2,1H3,(H,26,29)(H,27,28)(H,30,31,32). The summed E-state index contributed by atoms with van der Waals surface area (Å²) in [5.74, 6) is 0.877. The molecule has 0 aromatic carbocycles. The molecule has 0 heterocycles. The zero-order chi connectivity index (χ0) is 24.4. The van der Waals surface area contributed by atoms with E-state index in [9.17, 15) is 18.0 Å². The van der Waals surface area contributed by atoms with Crippen molar-refractivity contribution in [3.05, 3.63) is 0 Å². The highest BCUT2D eigenvalue weighted by molar-refractivity contribution is 7.85. The van der Waals surface area contributed by atoms with Crippen LogP contribution < -0.4 is 10.6 Å². The minimum atomic E-state index is -3.79. The van der Waals surface area contributed by atoms with Gasteiger partial charge in [0.2, 0.25) is 11.8 Å². The van der Waals surface area contributed by atoms with Gasteiger partial charge in [0, 0.05) is 25.9 Å². The molecule has 0 aliphatic heterocycles. The van der Waals surface area contributed by atoms with Crippen molar-refractivity contribution in [2.45, 2.75) is 116 Å². The van der Waals surface area contributed by atoms with Crippen molar-refractivity contribution in [2.24, 2.45) is 11.8 Å². The predicted molar refractivity (Wildman–Crippen MR) is 134 cm³/mol. The Balaban J connectivity index is 1.82. The van der Waals surface area contributed by atoms with Crippen molar-refractivity contribution >= 4 is 21.9 Å². The monoisotopic (exact) mass is 488 g/mol. The molecule has 1 fully saturated rings. The molecule has 1 saturated carbocycles. The maximum absolute atomic E-state index is 12.1. The van der Waals surface area contributed by atoms with Crippen LogP contribution in [-0.4, -0.2) is 44.1 Å². The second-order valence-electron chi connectivity index (χ2n) is 9.77. The zero-order valence-corrected chi connectivity index (χ0v) is 21.6. The first-order valence-corrected chi connectivity index (χ1v) is 14.9. The fourth-order valence-corrected chi connectivity index (χ4v) is 5.26. The summed E-state index contributed by atoms with van der Waals surface area (Å²) in [6.07, 6.45) is 18.9. The smallest absolute Gasteiger partial charge is 0.264 e. The SMILES string of the molecule is CNC(=O)C1CCC(CNC(=O)CCCCCCCCCCCCCCCS(=O)(=O)O)CC1. The molecule has 0 radical (unpaired) electrons. The first-order chi connectivity index (χ1) is 15.8. The molecule has 8 heteroatoms. The van der Waals surface area contributed by atoms with Crippen molar-refractivity contribution in [2.75, 3.05) is 19.3 Å². The Kier molecular flexibility index (Phi) is 16.5. The lowest BCUT2D eigenvalue weighted by Crippen LogP contribution is -2.34. The molecule has 3 N–H and O–H groups in total. The number of hydrogen-bond acceptors (Lipinski definition) is 4. The van der Waals surface area contributed by atoms with Gasteiger partial charge in [-0.25, -0.2) is 0 Å². The first kappa shape index (κ1) is 29.9. The predicted octanol–water partition coefficient (Wildman–Crippen LogP) is 5.00. The van der Waals surface area contributed by atoms with Gasteiger partial charge >= 0.3 is 0 Å². The van der Waals surface area contributed by atoms with Gasteiger partial charge in [0.15, 0.2) is 0 Å². The molecule has 33 heavy (non-hydrogen) atoms. The minimum Gasteiger partial charge on any atom is -0.359 e. The average Bonchev–Trinajstić information content (AvgIpc) is 2.79. The number of unbranched alkanes of at least 4 members (excludes halogenated alkanes) is 12. The van der Waals surface area contributed by atoms with E-state index in [-0.39, 0.29) is 23.5 Å². The molecule has 0 spiro atoms. The van der Waals surface area contributed by atoms with Crippen LogP contribution in [0.5, 0.6) is 0 Å². The fraction of sp³-hybridized carbons (Fsp3) is 0.920. The Labute approximate surface area is 202 Å². The van der Waals surface area contributed by atoms with Crippen molar-refractivity contribution in [3.8, 4) is 0 Å². The third kappa shape index (κ3) is 17.0. The van der Waals surface area contributed by atoms with E-state index in [2.05, 4.69) is 10.6 Å². The Morgan fingerprint density at radius 1 is 0.758 bits per heavy atom. The van der Waals surface area contributed by atoms with Crippen LogP contribution in [0.4, 0.5) is 0 Å². The summed E-state index contributed by atoms with van der Waals surface area (Å²) in [6, 6.07) is 0. The van der Waals surface area contributed by atoms with Gasteiger partial charge in [-0.3, -0.25) is 14.1 Å². The van der Waals surface area contributed by atoms with Gasteiger partial charge in [0.05, 0.1) is 5.75 Å². The molecule has 0 aromatic heterocycles. The largest absolute Gasteiger partial charge is 0.359 e. The molecule has 1 aliphatic rings. The number of carbonyl (C=O) groups is 2. The van der Waals surface area contributed by atoms with Crippen molar-refractivity contribution in [1.29, 1.82) is 0 Å². The normalized spacial score (nSPS) is 18.7. The first-order valence-electron chi connectivity index (χ1n) is 13.2.